The highest BCUT2D eigenvalue weighted by molar-refractivity contribution is 5.01. The van der Waals surface area contributed by atoms with Crippen molar-refractivity contribution in [1.82, 2.24) is 10.1 Å². The molecule has 0 aromatic carbocycles. The van der Waals surface area contributed by atoms with Crippen LogP contribution in [0.5, 0.6) is 0 Å². The van der Waals surface area contributed by atoms with Crippen molar-refractivity contribution in [2.75, 3.05) is 0 Å². The minimum Gasteiger partial charge on any atom is -0.339 e. The van der Waals surface area contributed by atoms with Crippen molar-refractivity contribution in [2.24, 2.45) is 5.90 Å². The molecular formula is C6H9N3O2. The molecule has 0 amide bonds. The average molecular weight is 155 g/mol. The Morgan fingerprint density at radius 1 is 1.64 bits per heavy atom. The molecule has 1 aliphatic carbocycles. The molecule has 2 N–H and O–H groups in total. The van der Waals surface area contributed by atoms with E-state index in [4.69, 9.17) is 10.4 Å². The maximum absolute atomic E-state index is 4.94. The summed E-state index contributed by atoms with van der Waals surface area (Å²) in [6.07, 6.45) is 2.32. The van der Waals surface area contributed by atoms with E-state index in [0.717, 1.165) is 18.7 Å². The van der Waals surface area contributed by atoms with Crippen LogP contribution in [-0.4, -0.2) is 10.1 Å². The van der Waals surface area contributed by atoms with Crippen molar-refractivity contribution >= 4 is 0 Å². The van der Waals surface area contributed by atoms with Gasteiger partial charge in [-0.25, -0.2) is 5.90 Å². The van der Waals surface area contributed by atoms with Crippen LogP contribution in [0.25, 0.3) is 0 Å². The van der Waals surface area contributed by atoms with Crippen LogP contribution >= 0.6 is 0 Å². The molecule has 5 heteroatoms. The molecule has 1 aromatic rings. The first-order valence-electron chi connectivity index (χ1n) is 3.54. The first-order valence-corrected chi connectivity index (χ1v) is 3.54. The van der Waals surface area contributed by atoms with Gasteiger partial charge in [-0.1, -0.05) is 5.16 Å². The van der Waals surface area contributed by atoms with Crippen LogP contribution in [0, 0.1) is 0 Å². The maximum Gasteiger partial charge on any atom is 0.229 e. The standard InChI is InChI=1S/C6H9N3O2/c7-10-3-5-8-6(11-9-5)4-1-2-4/h4H,1-3,7H2. The fourth-order valence-corrected chi connectivity index (χ4v) is 0.897. The van der Waals surface area contributed by atoms with Gasteiger partial charge in [0, 0.05) is 5.92 Å². The third kappa shape index (κ3) is 1.38. The van der Waals surface area contributed by atoms with Crippen LogP contribution in [0.2, 0.25) is 0 Å². The van der Waals surface area contributed by atoms with E-state index in [2.05, 4.69) is 15.0 Å². The van der Waals surface area contributed by atoms with Crippen molar-refractivity contribution in [3.63, 3.8) is 0 Å². The fourth-order valence-electron chi connectivity index (χ4n) is 0.897. The summed E-state index contributed by atoms with van der Waals surface area (Å²) in [5, 5.41) is 3.68. The lowest BCUT2D eigenvalue weighted by atomic mass is 10.4. The largest absolute Gasteiger partial charge is 0.339 e. The predicted molar refractivity (Wildman–Crippen MR) is 35.2 cm³/mol. The third-order valence-corrected chi connectivity index (χ3v) is 1.62. The van der Waals surface area contributed by atoms with Gasteiger partial charge in [-0.2, -0.15) is 4.98 Å². The highest BCUT2D eigenvalue weighted by Gasteiger charge is 2.29. The molecular weight excluding hydrogens is 146 g/mol. The van der Waals surface area contributed by atoms with E-state index < -0.39 is 0 Å². The van der Waals surface area contributed by atoms with E-state index in [9.17, 15) is 0 Å². The molecule has 1 aromatic heterocycles. The number of nitrogens with zero attached hydrogens (tertiary/aromatic N) is 2. The quantitative estimate of drug-likeness (QED) is 0.637. The second kappa shape index (κ2) is 2.60. The minimum atomic E-state index is 0.218. The molecule has 1 saturated carbocycles. The van der Waals surface area contributed by atoms with Gasteiger partial charge in [0.05, 0.1) is 0 Å². The summed E-state index contributed by atoms with van der Waals surface area (Å²) in [6, 6.07) is 0. The summed E-state index contributed by atoms with van der Waals surface area (Å²) in [5.74, 6) is 6.58. The molecule has 0 unspecified atom stereocenters. The van der Waals surface area contributed by atoms with Gasteiger partial charge in [-0.05, 0) is 12.8 Å². The molecule has 2 rings (SSSR count). The lowest BCUT2D eigenvalue weighted by molar-refractivity contribution is 0.116. The van der Waals surface area contributed by atoms with Gasteiger partial charge in [0.25, 0.3) is 0 Å². The molecule has 5 nitrogen and oxygen atoms in total. The van der Waals surface area contributed by atoms with Crippen LogP contribution in [0.3, 0.4) is 0 Å². The normalized spacial score (nSPS) is 17.2. The van der Waals surface area contributed by atoms with Crippen molar-refractivity contribution in [1.29, 1.82) is 0 Å². The van der Waals surface area contributed by atoms with Crippen molar-refractivity contribution in [3.05, 3.63) is 11.7 Å². The third-order valence-electron chi connectivity index (χ3n) is 1.62. The molecule has 0 saturated heterocycles. The second-order valence-corrected chi connectivity index (χ2v) is 2.63. The van der Waals surface area contributed by atoms with Crippen molar-refractivity contribution < 1.29 is 9.36 Å². The SMILES string of the molecule is NOCc1noc(C2CC2)n1. The lowest BCUT2D eigenvalue weighted by Crippen LogP contribution is -2.00. The molecule has 60 valence electrons. The second-order valence-electron chi connectivity index (χ2n) is 2.63. The Balaban J connectivity index is 2.06. The molecule has 1 fully saturated rings. The van der Waals surface area contributed by atoms with Crippen molar-refractivity contribution in [3.8, 4) is 0 Å². The van der Waals surface area contributed by atoms with E-state index in [1.807, 2.05) is 0 Å². The summed E-state index contributed by atoms with van der Waals surface area (Å²) in [5.41, 5.74) is 0. The predicted octanol–water partition coefficient (Wildman–Crippen LogP) is 0.337. The van der Waals surface area contributed by atoms with E-state index in [1.165, 1.54) is 0 Å². The van der Waals surface area contributed by atoms with Crippen LogP contribution < -0.4 is 5.90 Å². The van der Waals surface area contributed by atoms with Gasteiger partial charge >= 0.3 is 0 Å². The van der Waals surface area contributed by atoms with Gasteiger partial charge in [0.1, 0.15) is 6.61 Å². The Morgan fingerprint density at radius 3 is 3.09 bits per heavy atom. The molecule has 0 bridgehead atoms. The van der Waals surface area contributed by atoms with Gasteiger partial charge in [0.2, 0.25) is 5.89 Å². The molecule has 1 heterocycles. The summed E-state index contributed by atoms with van der Waals surface area (Å²) in [4.78, 5) is 8.44. The van der Waals surface area contributed by atoms with Crippen molar-refractivity contribution in [2.45, 2.75) is 25.4 Å². The van der Waals surface area contributed by atoms with Gasteiger partial charge in [-0.3, -0.25) is 4.84 Å². The maximum atomic E-state index is 4.94. The van der Waals surface area contributed by atoms with Crippen LogP contribution in [0.4, 0.5) is 0 Å². The molecule has 0 aliphatic heterocycles. The molecule has 0 spiro atoms. The zero-order chi connectivity index (χ0) is 7.68. The highest BCUT2D eigenvalue weighted by Crippen LogP contribution is 2.38. The van der Waals surface area contributed by atoms with Gasteiger partial charge in [-0.15, -0.1) is 0 Å². The van der Waals surface area contributed by atoms with Gasteiger partial charge in [0.15, 0.2) is 5.82 Å². The molecule has 0 atom stereocenters. The minimum absolute atomic E-state index is 0.218. The van der Waals surface area contributed by atoms with Crippen LogP contribution in [0.1, 0.15) is 30.5 Å². The Labute approximate surface area is 63.5 Å². The molecule has 0 radical (unpaired) electrons. The van der Waals surface area contributed by atoms with E-state index in [1.54, 1.807) is 0 Å². The number of nitrogens with two attached hydrogens (primary N) is 1. The first-order chi connectivity index (χ1) is 5.40. The lowest BCUT2D eigenvalue weighted by Gasteiger charge is -1.85. The summed E-state index contributed by atoms with van der Waals surface area (Å²) in [6.45, 7) is 0.218. The Bertz CT molecular complexity index is 244. The monoisotopic (exact) mass is 155 g/mol. The van der Waals surface area contributed by atoms with Crippen LogP contribution in [-0.2, 0) is 11.4 Å². The average Bonchev–Trinajstić information content (AvgIpc) is 2.75. The zero-order valence-corrected chi connectivity index (χ0v) is 5.99. The Hall–Kier alpha value is -0.940. The number of hydrogen-bond acceptors (Lipinski definition) is 5. The highest BCUT2D eigenvalue weighted by atomic mass is 16.6. The van der Waals surface area contributed by atoms with Crippen LogP contribution in [0.15, 0.2) is 4.52 Å². The summed E-state index contributed by atoms with van der Waals surface area (Å²) < 4.78 is 4.94. The first kappa shape index (κ1) is 6.75. The summed E-state index contributed by atoms with van der Waals surface area (Å²) in [7, 11) is 0. The van der Waals surface area contributed by atoms with E-state index >= 15 is 0 Å². The van der Waals surface area contributed by atoms with E-state index in [-0.39, 0.29) is 6.61 Å². The molecule has 1 aliphatic rings. The smallest absolute Gasteiger partial charge is 0.229 e. The fraction of sp³-hybridized carbons (Fsp3) is 0.667. The van der Waals surface area contributed by atoms with E-state index in [0.29, 0.717) is 11.7 Å². The number of hydrogen-bond donors (Lipinski definition) is 1. The topological polar surface area (TPSA) is 74.2 Å². The zero-order valence-electron chi connectivity index (χ0n) is 5.99. The number of rotatable bonds is 3. The summed E-state index contributed by atoms with van der Waals surface area (Å²) >= 11 is 0. The Kier molecular flexibility index (Phi) is 1.59. The Morgan fingerprint density at radius 2 is 2.45 bits per heavy atom. The number of aromatic nitrogens is 2. The van der Waals surface area contributed by atoms with Gasteiger partial charge < -0.3 is 4.52 Å². The molecule has 11 heavy (non-hydrogen) atoms.